The molecular formula is C46H28O. The van der Waals surface area contributed by atoms with Crippen molar-refractivity contribution in [2.24, 2.45) is 0 Å². The van der Waals surface area contributed by atoms with Gasteiger partial charge in [0.2, 0.25) is 0 Å². The van der Waals surface area contributed by atoms with Crippen molar-refractivity contribution >= 4 is 65.0 Å². The van der Waals surface area contributed by atoms with Crippen LogP contribution in [0.5, 0.6) is 0 Å². The highest BCUT2D eigenvalue weighted by Crippen LogP contribution is 2.45. The average molecular weight is 597 g/mol. The number of benzene rings is 9. The normalized spacial score (nSPS) is 11.8. The summed E-state index contributed by atoms with van der Waals surface area (Å²) in [6.45, 7) is 0. The molecule has 0 aliphatic rings. The lowest BCUT2D eigenvalue weighted by Crippen LogP contribution is -1.91. The van der Waals surface area contributed by atoms with Gasteiger partial charge < -0.3 is 4.42 Å². The highest BCUT2D eigenvalue weighted by molar-refractivity contribution is 6.23. The summed E-state index contributed by atoms with van der Waals surface area (Å²) in [6.07, 6.45) is 0. The Bertz CT molecular complexity index is 2780. The van der Waals surface area contributed by atoms with Crippen molar-refractivity contribution < 1.29 is 4.42 Å². The average Bonchev–Trinajstić information content (AvgIpc) is 3.52. The van der Waals surface area contributed by atoms with E-state index in [0.717, 1.165) is 16.6 Å². The summed E-state index contributed by atoms with van der Waals surface area (Å²) in [5.74, 6) is 0. The Kier molecular flexibility index (Phi) is 5.64. The third kappa shape index (κ3) is 3.97. The number of fused-ring (bicyclic) bond motifs is 8. The standard InChI is InChI=1S/C46H28O/c1-2-12-32-27-33(26-21-29(32)11-1)45-38-17-7-5-15-36(38)44(37-16-6-8-18-39(37)45)31-24-22-30(23-25-31)41-28-43-46(35-14-4-3-13-34(35)41)40-19-9-10-20-42(40)47-43/h1-28H. The van der Waals surface area contributed by atoms with Crippen LogP contribution in [-0.2, 0) is 0 Å². The summed E-state index contributed by atoms with van der Waals surface area (Å²) >= 11 is 0. The van der Waals surface area contributed by atoms with Crippen LogP contribution in [-0.4, -0.2) is 0 Å². The van der Waals surface area contributed by atoms with Crippen LogP contribution in [0.1, 0.15) is 0 Å². The van der Waals surface area contributed by atoms with E-state index < -0.39 is 0 Å². The SMILES string of the molecule is c1ccc2cc(-c3c4ccccc4c(-c4ccc(-c5cc6oc7ccccc7c6c6ccccc56)cc4)c4ccccc34)ccc2c1. The molecule has 0 N–H and O–H groups in total. The summed E-state index contributed by atoms with van der Waals surface area (Å²) in [5.41, 5.74) is 9.20. The van der Waals surface area contributed by atoms with Gasteiger partial charge in [-0.1, -0.05) is 152 Å². The van der Waals surface area contributed by atoms with Crippen molar-refractivity contribution in [1.29, 1.82) is 0 Å². The smallest absolute Gasteiger partial charge is 0.136 e. The van der Waals surface area contributed by atoms with E-state index in [2.05, 4.69) is 164 Å². The lowest BCUT2D eigenvalue weighted by molar-refractivity contribution is 0.669. The van der Waals surface area contributed by atoms with E-state index >= 15 is 0 Å². The maximum Gasteiger partial charge on any atom is 0.136 e. The summed E-state index contributed by atoms with van der Waals surface area (Å²) in [6, 6.07) is 61.6. The molecular weight excluding hydrogens is 569 g/mol. The molecule has 10 aromatic rings. The highest BCUT2D eigenvalue weighted by atomic mass is 16.3. The number of hydrogen-bond acceptors (Lipinski definition) is 1. The molecule has 0 saturated carbocycles. The van der Waals surface area contributed by atoms with Crippen LogP contribution in [0.2, 0.25) is 0 Å². The zero-order valence-electron chi connectivity index (χ0n) is 25.6. The molecule has 0 unspecified atom stereocenters. The number of para-hydroxylation sites is 1. The van der Waals surface area contributed by atoms with E-state index in [0.29, 0.717) is 0 Å². The van der Waals surface area contributed by atoms with E-state index in [1.807, 2.05) is 6.07 Å². The fourth-order valence-corrected chi connectivity index (χ4v) is 7.74. The Labute approximate surface area is 271 Å². The van der Waals surface area contributed by atoms with Crippen LogP contribution in [0.25, 0.3) is 98.4 Å². The molecule has 1 heteroatoms. The van der Waals surface area contributed by atoms with Crippen LogP contribution >= 0.6 is 0 Å². The predicted octanol–water partition coefficient (Wildman–Crippen LogP) is 13.2. The summed E-state index contributed by atoms with van der Waals surface area (Å²) < 4.78 is 6.38. The second-order valence-corrected chi connectivity index (χ2v) is 12.4. The van der Waals surface area contributed by atoms with E-state index in [-0.39, 0.29) is 0 Å². The molecule has 0 bridgehead atoms. The maximum atomic E-state index is 6.38. The topological polar surface area (TPSA) is 13.1 Å². The molecule has 1 aromatic heterocycles. The minimum atomic E-state index is 0.922. The van der Waals surface area contributed by atoms with Gasteiger partial charge in [-0.15, -0.1) is 0 Å². The van der Waals surface area contributed by atoms with Crippen LogP contribution in [0.4, 0.5) is 0 Å². The lowest BCUT2D eigenvalue weighted by atomic mass is 9.85. The van der Waals surface area contributed by atoms with E-state index in [9.17, 15) is 0 Å². The van der Waals surface area contributed by atoms with Crippen LogP contribution in [0.3, 0.4) is 0 Å². The molecule has 0 fully saturated rings. The van der Waals surface area contributed by atoms with E-state index in [1.165, 1.54) is 81.9 Å². The molecule has 218 valence electrons. The summed E-state index contributed by atoms with van der Waals surface area (Å²) in [7, 11) is 0. The largest absolute Gasteiger partial charge is 0.456 e. The monoisotopic (exact) mass is 596 g/mol. The molecule has 0 saturated heterocycles. The third-order valence-corrected chi connectivity index (χ3v) is 9.84. The highest BCUT2D eigenvalue weighted by Gasteiger charge is 2.18. The fourth-order valence-electron chi connectivity index (χ4n) is 7.74. The van der Waals surface area contributed by atoms with Gasteiger partial charge in [-0.2, -0.15) is 0 Å². The van der Waals surface area contributed by atoms with Crippen LogP contribution in [0.15, 0.2) is 174 Å². The van der Waals surface area contributed by atoms with Gasteiger partial charge in [-0.25, -0.2) is 0 Å². The van der Waals surface area contributed by atoms with Crippen molar-refractivity contribution in [3.05, 3.63) is 170 Å². The second kappa shape index (κ2) is 10.2. The quantitative estimate of drug-likeness (QED) is 0.185. The van der Waals surface area contributed by atoms with Crippen molar-refractivity contribution in [3.8, 4) is 33.4 Å². The zero-order valence-corrected chi connectivity index (χ0v) is 25.6. The van der Waals surface area contributed by atoms with Gasteiger partial charge in [0, 0.05) is 10.8 Å². The zero-order chi connectivity index (χ0) is 30.9. The van der Waals surface area contributed by atoms with Crippen LogP contribution in [0, 0.1) is 0 Å². The minimum absolute atomic E-state index is 0.922. The maximum absolute atomic E-state index is 6.38. The van der Waals surface area contributed by atoms with Crippen molar-refractivity contribution in [1.82, 2.24) is 0 Å². The molecule has 47 heavy (non-hydrogen) atoms. The minimum Gasteiger partial charge on any atom is -0.456 e. The van der Waals surface area contributed by atoms with Crippen molar-refractivity contribution in [3.63, 3.8) is 0 Å². The molecule has 0 atom stereocenters. The molecule has 0 aliphatic heterocycles. The van der Waals surface area contributed by atoms with Gasteiger partial charge in [0.15, 0.2) is 0 Å². The Hall–Kier alpha value is -6.18. The van der Waals surface area contributed by atoms with E-state index in [1.54, 1.807) is 0 Å². The fraction of sp³-hybridized carbons (Fsp3) is 0. The van der Waals surface area contributed by atoms with Gasteiger partial charge in [-0.05, 0) is 94.7 Å². The first-order valence-corrected chi connectivity index (χ1v) is 16.2. The van der Waals surface area contributed by atoms with Gasteiger partial charge >= 0.3 is 0 Å². The molecule has 1 nitrogen and oxygen atoms in total. The first-order chi connectivity index (χ1) is 23.3. The van der Waals surface area contributed by atoms with E-state index in [4.69, 9.17) is 4.42 Å². The first kappa shape index (κ1) is 26.1. The van der Waals surface area contributed by atoms with Crippen molar-refractivity contribution in [2.75, 3.05) is 0 Å². The third-order valence-electron chi connectivity index (χ3n) is 9.84. The second-order valence-electron chi connectivity index (χ2n) is 12.4. The van der Waals surface area contributed by atoms with Gasteiger partial charge in [0.1, 0.15) is 11.2 Å². The lowest BCUT2D eigenvalue weighted by Gasteiger charge is -2.18. The Morgan fingerprint density at radius 2 is 0.787 bits per heavy atom. The molecule has 9 aromatic carbocycles. The molecule has 0 radical (unpaired) electrons. The number of furan rings is 1. The number of rotatable bonds is 3. The van der Waals surface area contributed by atoms with Gasteiger partial charge in [0.05, 0.1) is 0 Å². The van der Waals surface area contributed by atoms with Crippen molar-refractivity contribution in [2.45, 2.75) is 0 Å². The van der Waals surface area contributed by atoms with Gasteiger partial charge in [-0.3, -0.25) is 0 Å². The predicted molar refractivity (Wildman–Crippen MR) is 200 cm³/mol. The first-order valence-electron chi connectivity index (χ1n) is 16.2. The molecule has 0 amide bonds. The Balaban J connectivity index is 1.18. The molecule has 0 aliphatic carbocycles. The molecule has 0 spiro atoms. The van der Waals surface area contributed by atoms with Gasteiger partial charge in [0.25, 0.3) is 0 Å². The molecule has 10 rings (SSSR count). The van der Waals surface area contributed by atoms with Crippen LogP contribution < -0.4 is 0 Å². The molecule has 1 heterocycles. The summed E-state index contributed by atoms with van der Waals surface area (Å²) in [4.78, 5) is 0. The number of hydrogen-bond donors (Lipinski definition) is 0. The summed E-state index contributed by atoms with van der Waals surface area (Å²) in [5, 5.41) is 12.4. The Morgan fingerprint density at radius 3 is 1.47 bits per heavy atom. The Morgan fingerprint density at radius 1 is 0.298 bits per heavy atom.